The Morgan fingerprint density at radius 2 is 1.38 bits per heavy atom. The van der Waals surface area contributed by atoms with Gasteiger partial charge in [0, 0.05) is 0 Å². The minimum absolute atomic E-state index is 0.189. The van der Waals surface area contributed by atoms with Crippen molar-refractivity contribution in [1.82, 2.24) is 0 Å². The highest BCUT2D eigenvalue weighted by atomic mass is 16.4. The van der Waals surface area contributed by atoms with Crippen LogP contribution in [0.3, 0.4) is 0 Å². The van der Waals surface area contributed by atoms with E-state index >= 15 is 0 Å². The summed E-state index contributed by atoms with van der Waals surface area (Å²) in [6.07, 6.45) is 5.11. The van der Waals surface area contributed by atoms with Crippen molar-refractivity contribution in [3.05, 3.63) is 12.2 Å². The molecule has 0 aliphatic heterocycles. The fourth-order valence-electron chi connectivity index (χ4n) is 1.54. The van der Waals surface area contributed by atoms with Crippen molar-refractivity contribution in [2.45, 2.75) is 25.7 Å². The first-order valence-electron chi connectivity index (χ1n) is 4.21. The Hall–Kier alpha value is -1.32. The van der Waals surface area contributed by atoms with E-state index in [1.807, 2.05) is 12.2 Å². The Bertz CT molecular complexity index is 228. The first-order chi connectivity index (χ1) is 6.09. The molecular formula is C9H12O4. The number of rotatable bonds is 2. The number of aliphatic carboxylic acids is 2. The standard InChI is InChI=1S/C9H12O4/c10-7(11)9(8(12)13)5-3-1-2-4-6-9/h1-2H,3-6H2,(H,10,11)(H,12,13). The molecule has 1 aliphatic rings. The largest absolute Gasteiger partial charge is 0.480 e. The highest BCUT2D eigenvalue weighted by molar-refractivity contribution is 5.98. The molecule has 0 atom stereocenters. The Balaban J connectivity index is 2.90. The van der Waals surface area contributed by atoms with E-state index < -0.39 is 17.4 Å². The van der Waals surface area contributed by atoms with Gasteiger partial charge in [-0.15, -0.1) is 0 Å². The second kappa shape index (κ2) is 3.60. The molecule has 0 unspecified atom stereocenters. The van der Waals surface area contributed by atoms with Crippen LogP contribution in [0.15, 0.2) is 12.2 Å². The van der Waals surface area contributed by atoms with E-state index in [9.17, 15) is 9.59 Å². The number of carboxylic acid groups (broad SMARTS) is 2. The molecule has 0 aromatic heterocycles. The number of hydrogen-bond donors (Lipinski definition) is 2. The Labute approximate surface area is 75.9 Å². The maximum absolute atomic E-state index is 10.9. The van der Waals surface area contributed by atoms with E-state index in [-0.39, 0.29) is 12.8 Å². The lowest BCUT2D eigenvalue weighted by molar-refractivity contribution is -0.165. The molecule has 0 aromatic rings. The van der Waals surface area contributed by atoms with Gasteiger partial charge in [0.2, 0.25) is 0 Å². The second-order valence-corrected chi connectivity index (χ2v) is 3.24. The zero-order chi connectivity index (χ0) is 9.90. The smallest absolute Gasteiger partial charge is 0.321 e. The molecule has 0 heterocycles. The minimum atomic E-state index is -1.57. The monoisotopic (exact) mass is 184 g/mol. The van der Waals surface area contributed by atoms with Crippen LogP contribution in [0.2, 0.25) is 0 Å². The average molecular weight is 184 g/mol. The summed E-state index contributed by atoms with van der Waals surface area (Å²) in [7, 11) is 0. The van der Waals surface area contributed by atoms with Gasteiger partial charge >= 0.3 is 11.9 Å². The van der Waals surface area contributed by atoms with Crippen LogP contribution >= 0.6 is 0 Å². The summed E-state index contributed by atoms with van der Waals surface area (Å²) in [5.41, 5.74) is -1.57. The van der Waals surface area contributed by atoms with Crippen molar-refractivity contribution < 1.29 is 19.8 Å². The third kappa shape index (κ3) is 1.71. The minimum Gasteiger partial charge on any atom is -0.480 e. The summed E-state index contributed by atoms with van der Waals surface area (Å²) in [6.45, 7) is 0. The molecule has 0 radical (unpaired) electrons. The lowest BCUT2D eigenvalue weighted by Crippen LogP contribution is -2.38. The summed E-state index contributed by atoms with van der Waals surface area (Å²) >= 11 is 0. The van der Waals surface area contributed by atoms with Gasteiger partial charge in [-0.2, -0.15) is 0 Å². The molecule has 0 aromatic carbocycles. The first-order valence-corrected chi connectivity index (χ1v) is 4.21. The molecule has 0 bridgehead atoms. The van der Waals surface area contributed by atoms with E-state index in [2.05, 4.69) is 0 Å². The Morgan fingerprint density at radius 1 is 1.00 bits per heavy atom. The van der Waals surface area contributed by atoms with Gasteiger partial charge in [-0.05, 0) is 25.7 Å². The van der Waals surface area contributed by atoms with Crippen LogP contribution < -0.4 is 0 Å². The van der Waals surface area contributed by atoms with Gasteiger partial charge in [0.15, 0.2) is 5.41 Å². The highest BCUT2D eigenvalue weighted by Gasteiger charge is 2.45. The first kappa shape index (κ1) is 9.77. The maximum Gasteiger partial charge on any atom is 0.321 e. The van der Waals surface area contributed by atoms with E-state index in [4.69, 9.17) is 10.2 Å². The van der Waals surface area contributed by atoms with E-state index in [0.717, 1.165) is 0 Å². The molecule has 0 saturated carbocycles. The second-order valence-electron chi connectivity index (χ2n) is 3.24. The quantitative estimate of drug-likeness (QED) is 0.500. The van der Waals surface area contributed by atoms with Crippen LogP contribution in [-0.4, -0.2) is 22.2 Å². The fraction of sp³-hybridized carbons (Fsp3) is 0.556. The van der Waals surface area contributed by atoms with Crippen molar-refractivity contribution in [2.24, 2.45) is 5.41 Å². The predicted molar refractivity (Wildman–Crippen MR) is 45.3 cm³/mol. The van der Waals surface area contributed by atoms with Gasteiger partial charge in [-0.1, -0.05) is 12.2 Å². The summed E-state index contributed by atoms with van der Waals surface area (Å²) < 4.78 is 0. The van der Waals surface area contributed by atoms with Crippen LogP contribution in [0, 0.1) is 5.41 Å². The van der Waals surface area contributed by atoms with E-state index in [1.165, 1.54) is 0 Å². The molecule has 0 saturated heterocycles. The zero-order valence-electron chi connectivity index (χ0n) is 7.19. The summed E-state index contributed by atoms with van der Waals surface area (Å²) in [5.74, 6) is -2.44. The molecule has 4 heteroatoms. The summed E-state index contributed by atoms with van der Waals surface area (Å²) in [6, 6.07) is 0. The van der Waals surface area contributed by atoms with Crippen LogP contribution in [-0.2, 0) is 9.59 Å². The number of carbonyl (C=O) groups is 2. The number of carboxylic acids is 2. The molecule has 2 N–H and O–H groups in total. The molecule has 4 nitrogen and oxygen atoms in total. The lowest BCUT2D eigenvalue weighted by atomic mass is 9.80. The molecule has 1 aliphatic carbocycles. The highest BCUT2D eigenvalue weighted by Crippen LogP contribution is 2.33. The Kier molecular flexibility index (Phi) is 2.70. The van der Waals surface area contributed by atoms with Crippen LogP contribution in [0.4, 0.5) is 0 Å². The molecule has 72 valence electrons. The summed E-state index contributed by atoms with van der Waals surface area (Å²) in [5, 5.41) is 17.8. The maximum atomic E-state index is 10.9. The molecule has 0 spiro atoms. The normalized spacial score (nSPS) is 20.6. The third-order valence-corrected chi connectivity index (χ3v) is 2.46. The lowest BCUT2D eigenvalue weighted by Gasteiger charge is -2.22. The molecule has 1 rings (SSSR count). The van der Waals surface area contributed by atoms with Crippen molar-refractivity contribution in [1.29, 1.82) is 0 Å². The van der Waals surface area contributed by atoms with Gasteiger partial charge < -0.3 is 10.2 Å². The zero-order valence-corrected chi connectivity index (χ0v) is 7.19. The Morgan fingerprint density at radius 3 is 1.69 bits per heavy atom. The summed E-state index contributed by atoms with van der Waals surface area (Å²) in [4.78, 5) is 21.7. The van der Waals surface area contributed by atoms with Crippen molar-refractivity contribution >= 4 is 11.9 Å². The SMILES string of the molecule is O=C(O)C1(C(=O)O)CCC=CCC1. The van der Waals surface area contributed by atoms with Gasteiger partial charge in [0.05, 0.1) is 0 Å². The van der Waals surface area contributed by atoms with Gasteiger partial charge in [0.25, 0.3) is 0 Å². The van der Waals surface area contributed by atoms with E-state index in [0.29, 0.717) is 12.8 Å². The average Bonchev–Trinajstić information content (AvgIpc) is 2.28. The van der Waals surface area contributed by atoms with Crippen molar-refractivity contribution in [3.63, 3.8) is 0 Å². The van der Waals surface area contributed by atoms with E-state index in [1.54, 1.807) is 0 Å². The fourth-order valence-corrected chi connectivity index (χ4v) is 1.54. The number of hydrogen-bond acceptors (Lipinski definition) is 2. The molecule has 13 heavy (non-hydrogen) atoms. The van der Waals surface area contributed by atoms with Crippen molar-refractivity contribution in [3.8, 4) is 0 Å². The van der Waals surface area contributed by atoms with Crippen LogP contribution in [0.5, 0.6) is 0 Å². The van der Waals surface area contributed by atoms with Gasteiger partial charge in [-0.25, -0.2) is 0 Å². The van der Waals surface area contributed by atoms with Crippen LogP contribution in [0.1, 0.15) is 25.7 Å². The predicted octanol–water partition coefficient (Wildman–Crippen LogP) is 1.27. The molecular weight excluding hydrogens is 172 g/mol. The van der Waals surface area contributed by atoms with Gasteiger partial charge in [-0.3, -0.25) is 9.59 Å². The van der Waals surface area contributed by atoms with Gasteiger partial charge in [0.1, 0.15) is 0 Å². The van der Waals surface area contributed by atoms with Crippen LogP contribution in [0.25, 0.3) is 0 Å². The third-order valence-electron chi connectivity index (χ3n) is 2.46. The number of allylic oxidation sites excluding steroid dienone is 2. The topological polar surface area (TPSA) is 74.6 Å². The molecule has 0 fully saturated rings. The van der Waals surface area contributed by atoms with Crippen molar-refractivity contribution in [2.75, 3.05) is 0 Å². The molecule has 0 amide bonds.